The van der Waals surface area contributed by atoms with Crippen LogP contribution in [0.25, 0.3) is 0 Å². The molecular weight excluding hydrogens is 242 g/mol. The van der Waals surface area contributed by atoms with Gasteiger partial charge in [-0.2, -0.15) is 11.8 Å². The highest BCUT2D eigenvalue weighted by atomic mass is 32.2. The summed E-state index contributed by atoms with van der Waals surface area (Å²) in [6, 6.07) is 1.48. The second-order valence-corrected chi connectivity index (χ2v) is 7.04. The smallest absolute Gasteiger partial charge is 0.0108 e. The third-order valence-corrected chi connectivity index (χ3v) is 5.17. The monoisotopic (exact) mass is 271 g/mol. The Hall–Kier alpha value is 0.230. The maximum absolute atomic E-state index is 3.75. The molecule has 0 aromatic heterocycles. The second-order valence-electron chi connectivity index (χ2n) is 5.81. The Balaban J connectivity index is 1.55. The molecule has 0 aromatic carbocycles. The zero-order valence-electron chi connectivity index (χ0n) is 12.0. The summed E-state index contributed by atoms with van der Waals surface area (Å²) in [7, 11) is 0. The van der Waals surface area contributed by atoms with Crippen molar-refractivity contribution in [3.8, 4) is 0 Å². The standard InChI is InChI=1S/C14H29N3S/c1-13(2)17-6-3-14(4-7-17)15-5-8-16-9-11-18-12-10-16/h13-15H,3-12H2,1-2H3. The van der Waals surface area contributed by atoms with Gasteiger partial charge < -0.3 is 15.1 Å². The van der Waals surface area contributed by atoms with Crippen LogP contribution in [0.15, 0.2) is 0 Å². The lowest BCUT2D eigenvalue weighted by Gasteiger charge is -2.35. The van der Waals surface area contributed by atoms with Crippen molar-refractivity contribution in [2.75, 3.05) is 50.8 Å². The molecule has 0 amide bonds. The zero-order valence-corrected chi connectivity index (χ0v) is 12.8. The van der Waals surface area contributed by atoms with Gasteiger partial charge in [0.2, 0.25) is 0 Å². The van der Waals surface area contributed by atoms with Crippen LogP contribution >= 0.6 is 11.8 Å². The van der Waals surface area contributed by atoms with Crippen LogP contribution in [0.4, 0.5) is 0 Å². The Morgan fingerprint density at radius 2 is 1.78 bits per heavy atom. The first-order chi connectivity index (χ1) is 8.75. The molecule has 0 radical (unpaired) electrons. The molecule has 2 fully saturated rings. The number of nitrogens with zero attached hydrogens (tertiary/aromatic N) is 2. The number of rotatable bonds is 5. The molecule has 0 saturated carbocycles. The molecule has 0 bridgehead atoms. The maximum atomic E-state index is 3.75. The highest BCUT2D eigenvalue weighted by Crippen LogP contribution is 2.13. The van der Waals surface area contributed by atoms with Crippen molar-refractivity contribution in [1.29, 1.82) is 0 Å². The first-order valence-electron chi connectivity index (χ1n) is 7.53. The van der Waals surface area contributed by atoms with Crippen molar-refractivity contribution in [2.24, 2.45) is 0 Å². The molecule has 0 aliphatic carbocycles. The molecule has 4 heteroatoms. The van der Waals surface area contributed by atoms with E-state index in [4.69, 9.17) is 0 Å². The molecule has 2 saturated heterocycles. The van der Waals surface area contributed by atoms with Crippen LogP contribution < -0.4 is 5.32 Å². The Kier molecular flexibility index (Phi) is 6.29. The number of likely N-dealkylation sites (tertiary alicyclic amines) is 1. The molecule has 0 atom stereocenters. The number of nitrogens with one attached hydrogen (secondary N) is 1. The quantitative estimate of drug-likeness (QED) is 0.816. The number of thioether (sulfide) groups is 1. The molecule has 0 unspecified atom stereocenters. The number of hydrogen-bond donors (Lipinski definition) is 1. The molecule has 2 rings (SSSR count). The van der Waals surface area contributed by atoms with E-state index < -0.39 is 0 Å². The summed E-state index contributed by atoms with van der Waals surface area (Å²) >= 11 is 2.10. The van der Waals surface area contributed by atoms with Gasteiger partial charge in [-0.3, -0.25) is 0 Å². The highest BCUT2D eigenvalue weighted by molar-refractivity contribution is 7.99. The third-order valence-electron chi connectivity index (χ3n) is 4.22. The minimum absolute atomic E-state index is 0.719. The van der Waals surface area contributed by atoms with Crippen molar-refractivity contribution in [3.63, 3.8) is 0 Å². The topological polar surface area (TPSA) is 18.5 Å². The fourth-order valence-electron chi connectivity index (χ4n) is 2.87. The summed E-state index contributed by atoms with van der Waals surface area (Å²) in [6.45, 7) is 12.2. The van der Waals surface area contributed by atoms with E-state index in [1.165, 1.54) is 63.6 Å². The van der Waals surface area contributed by atoms with Crippen LogP contribution in [-0.2, 0) is 0 Å². The van der Waals surface area contributed by atoms with E-state index in [0.717, 1.165) is 12.1 Å². The van der Waals surface area contributed by atoms with Gasteiger partial charge in [-0.05, 0) is 39.8 Å². The highest BCUT2D eigenvalue weighted by Gasteiger charge is 2.20. The number of hydrogen-bond acceptors (Lipinski definition) is 4. The molecule has 18 heavy (non-hydrogen) atoms. The van der Waals surface area contributed by atoms with E-state index >= 15 is 0 Å². The first kappa shape index (κ1) is 14.6. The molecule has 2 heterocycles. The average molecular weight is 271 g/mol. The summed E-state index contributed by atoms with van der Waals surface area (Å²) in [5.74, 6) is 2.65. The molecule has 2 aliphatic heterocycles. The van der Waals surface area contributed by atoms with E-state index in [2.05, 4.69) is 40.7 Å². The average Bonchev–Trinajstić information content (AvgIpc) is 2.40. The van der Waals surface area contributed by atoms with Gasteiger partial charge in [-0.1, -0.05) is 0 Å². The lowest BCUT2D eigenvalue weighted by Crippen LogP contribution is -2.47. The van der Waals surface area contributed by atoms with E-state index in [0.29, 0.717) is 0 Å². The van der Waals surface area contributed by atoms with Gasteiger partial charge in [0, 0.05) is 49.8 Å². The molecule has 2 aliphatic rings. The summed E-state index contributed by atoms with van der Waals surface area (Å²) in [5.41, 5.74) is 0. The van der Waals surface area contributed by atoms with Crippen LogP contribution in [0, 0.1) is 0 Å². The molecule has 3 nitrogen and oxygen atoms in total. The Morgan fingerprint density at radius 1 is 1.11 bits per heavy atom. The van der Waals surface area contributed by atoms with Gasteiger partial charge in [0.05, 0.1) is 0 Å². The maximum Gasteiger partial charge on any atom is 0.0108 e. The van der Waals surface area contributed by atoms with Crippen LogP contribution in [0.1, 0.15) is 26.7 Å². The van der Waals surface area contributed by atoms with Crippen molar-refractivity contribution >= 4 is 11.8 Å². The summed E-state index contributed by atoms with van der Waals surface area (Å²) in [5, 5.41) is 3.75. The van der Waals surface area contributed by atoms with Crippen LogP contribution in [0.3, 0.4) is 0 Å². The van der Waals surface area contributed by atoms with Crippen LogP contribution in [0.2, 0.25) is 0 Å². The largest absolute Gasteiger partial charge is 0.313 e. The molecule has 1 N–H and O–H groups in total. The Bertz CT molecular complexity index is 221. The van der Waals surface area contributed by atoms with Gasteiger partial charge in [0.25, 0.3) is 0 Å². The van der Waals surface area contributed by atoms with Crippen molar-refractivity contribution in [2.45, 2.75) is 38.8 Å². The second kappa shape index (κ2) is 7.73. The van der Waals surface area contributed by atoms with Gasteiger partial charge in [-0.25, -0.2) is 0 Å². The summed E-state index contributed by atoms with van der Waals surface area (Å²) in [6.07, 6.45) is 2.65. The molecular formula is C14H29N3S. The predicted octanol–water partition coefficient (Wildman–Crippen LogP) is 1.50. The van der Waals surface area contributed by atoms with Gasteiger partial charge in [-0.15, -0.1) is 0 Å². The molecule has 0 aromatic rings. The van der Waals surface area contributed by atoms with Crippen molar-refractivity contribution < 1.29 is 0 Å². The SMILES string of the molecule is CC(C)N1CCC(NCCN2CCSCC2)CC1. The van der Waals surface area contributed by atoms with E-state index in [1.54, 1.807) is 0 Å². The Labute approximate surface area is 117 Å². The fourth-order valence-corrected chi connectivity index (χ4v) is 3.85. The van der Waals surface area contributed by atoms with E-state index in [9.17, 15) is 0 Å². The zero-order chi connectivity index (χ0) is 12.8. The van der Waals surface area contributed by atoms with Crippen molar-refractivity contribution in [3.05, 3.63) is 0 Å². The fraction of sp³-hybridized carbons (Fsp3) is 1.00. The van der Waals surface area contributed by atoms with Gasteiger partial charge >= 0.3 is 0 Å². The normalized spacial score (nSPS) is 24.8. The minimum Gasteiger partial charge on any atom is -0.313 e. The first-order valence-corrected chi connectivity index (χ1v) is 8.68. The Morgan fingerprint density at radius 3 is 2.39 bits per heavy atom. The lowest BCUT2D eigenvalue weighted by atomic mass is 10.0. The molecule has 0 spiro atoms. The van der Waals surface area contributed by atoms with E-state index in [-0.39, 0.29) is 0 Å². The lowest BCUT2D eigenvalue weighted by molar-refractivity contribution is 0.159. The van der Waals surface area contributed by atoms with Gasteiger partial charge in [0.1, 0.15) is 0 Å². The third kappa shape index (κ3) is 4.72. The number of piperidine rings is 1. The van der Waals surface area contributed by atoms with Crippen LogP contribution in [-0.4, -0.2) is 72.7 Å². The minimum atomic E-state index is 0.719. The molecule has 106 valence electrons. The van der Waals surface area contributed by atoms with Gasteiger partial charge in [0.15, 0.2) is 0 Å². The predicted molar refractivity (Wildman–Crippen MR) is 81.5 cm³/mol. The van der Waals surface area contributed by atoms with Crippen molar-refractivity contribution in [1.82, 2.24) is 15.1 Å². The summed E-state index contributed by atoms with van der Waals surface area (Å²) in [4.78, 5) is 5.20. The van der Waals surface area contributed by atoms with Crippen LogP contribution in [0.5, 0.6) is 0 Å². The summed E-state index contributed by atoms with van der Waals surface area (Å²) < 4.78 is 0. The van der Waals surface area contributed by atoms with E-state index in [1.807, 2.05) is 0 Å².